The number of carbonyl (C=O) groups is 3. The van der Waals surface area contributed by atoms with E-state index in [0.717, 1.165) is 11.3 Å². The van der Waals surface area contributed by atoms with E-state index >= 15 is 0 Å². The number of aromatic nitrogens is 4. The van der Waals surface area contributed by atoms with Crippen LogP contribution in [0, 0.1) is 28.3 Å². The van der Waals surface area contributed by atoms with Gasteiger partial charge in [-0.15, -0.1) is 0 Å². The third kappa shape index (κ3) is 6.07. The average Bonchev–Trinajstić information content (AvgIpc) is 3.37. The Morgan fingerprint density at radius 2 is 1.59 bits per heavy atom. The topological polar surface area (TPSA) is 189 Å². The number of ether oxygens (including phenoxy) is 2. The number of fused-ring (bicyclic) bond motifs is 2. The van der Waals surface area contributed by atoms with Crippen LogP contribution >= 0.6 is 11.3 Å². The van der Waals surface area contributed by atoms with Crippen LogP contribution in [0.1, 0.15) is 46.4 Å². The third-order valence-corrected chi connectivity index (χ3v) is 10.2. The fourth-order valence-corrected chi connectivity index (χ4v) is 7.48. The summed E-state index contributed by atoms with van der Waals surface area (Å²) in [6, 6.07) is 17.1. The molecule has 15 heteroatoms. The summed E-state index contributed by atoms with van der Waals surface area (Å²) in [6.45, 7) is 0. The second-order valence-electron chi connectivity index (χ2n) is 12.3. The fourth-order valence-electron chi connectivity index (χ4n) is 6.90. The lowest BCUT2D eigenvalue weighted by molar-refractivity contribution is -0.176. The number of hydrogen-bond donors (Lipinski definition) is 4. The van der Waals surface area contributed by atoms with E-state index in [1.165, 1.54) is 19.4 Å². The smallest absolute Gasteiger partial charge is 0.328 e. The van der Waals surface area contributed by atoms with Gasteiger partial charge in [-0.05, 0) is 41.5 Å². The molecule has 1 unspecified atom stereocenters. The molecular weight excluding hydrogens is 676 g/mol. The number of hydrogen-bond acceptors (Lipinski definition) is 12. The molecule has 2 aliphatic carbocycles. The number of benzene rings is 2. The molecule has 6 N–H and O–H groups in total. The zero-order valence-electron chi connectivity index (χ0n) is 27.4. The van der Waals surface area contributed by atoms with Crippen molar-refractivity contribution in [1.29, 1.82) is 0 Å². The number of anilines is 1. The highest BCUT2D eigenvalue weighted by atomic mass is 32.1. The fraction of sp³-hybridized carbons (Fsp3) is 0.278. The van der Waals surface area contributed by atoms with Gasteiger partial charge in [-0.1, -0.05) is 72.0 Å². The van der Waals surface area contributed by atoms with Gasteiger partial charge < -0.3 is 36.1 Å². The van der Waals surface area contributed by atoms with E-state index in [1.54, 1.807) is 78.3 Å². The molecule has 0 aliphatic heterocycles. The summed E-state index contributed by atoms with van der Waals surface area (Å²) in [4.78, 5) is 55.5. The van der Waals surface area contributed by atoms with Crippen molar-refractivity contribution < 1.29 is 28.2 Å². The minimum Gasteiger partial charge on any atom is -0.456 e. The molecule has 1 amide bonds. The Kier molecular flexibility index (Phi) is 8.98. The standard InChI is InChI=1S/C36H33FN8O5S/c1-40-31-27-32(44-24(43-31)16-14-21-13-15-23(37)51-21)45(18-42-27)28-22-17-36(22,35(48)41-2)30(50-34(47)26(39)20-11-7-4-8-12-20)29(28)49-33(46)25(38)19-9-5-3-6-10-19/h3-13,15,18,22,25-26,28-30H,17,38-39H2,1-2H3,(H,41,48)(H,40,43,44)/t22?,25-,26-,28+,29-,30-,36-/m0/s1. The van der Waals surface area contributed by atoms with Crippen LogP contribution < -0.4 is 22.1 Å². The number of rotatable bonds is 9. The zero-order valence-corrected chi connectivity index (χ0v) is 28.3. The van der Waals surface area contributed by atoms with Gasteiger partial charge in [0.2, 0.25) is 11.7 Å². The molecular formula is C36H33FN8O5S. The van der Waals surface area contributed by atoms with E-state index in [1.807, 2.05) is 0 Å². The Balaban J connectivity index is 1.32. The molecule has 0 saturated heterocycles. The Morgan fingerprint density at radius 3 is 2.18 bits per heavy atom. The summed E-state index contributed by atoms with van der Waals surface area (Å²) in [7, 11) is 3.16. The summed E-state index contributed by atoms with van der Waals surface area (Å²) in [5.74, 6) is 3.79. The Morgan fingerprint density at radius 1 is 0.941 bits per heavy atom. The molecule has 0 spiro atoms. The molecule has 3 aromatic heterocycles. The first-order chi connectivity index (χ1) is 24.7. The molecule has 0 radical (unpaired) electrons. The predicted octanol–water partition coefficient (Wildman–Crippen LogP) is 3.00. The van der Waals surface area contributed by atoms with Crippen molar-refractivity contribution in [2.75, 3.05) is 19.4 Å². The first kappa shape index (κ1) is 33.8. The van der Waals surface area contributed by atoms with Gasteiger partial charge in [-0.2, -0.15) is 4.39 Å². The molecule has 260 valence electrons. The summed E-state index contributed by atoms with van der Waals surface area (Å²) < 4.78 is 27.6. The Bertz CT molecular complexity index is 2180. The van der Waals surface area contributed by atoms with Crippen LogP contribution in [-0.2, 0) is 23.9 Å². The average molecular weight is 709 g/mol. The quantitative estimate of drug-likeness (QED) is 0.130. The highest BCUT2D eigenvalue weighted by molar-refractivity contribution is 7.10. The molecule has 0 bridgehead atoms. The number of amides is 1. The maximum absolute atomic E-state index is 13.8. The van der Waals surface area contributed by atoms with Crippen molar-refractivity contribution in [2.45, 2.75) is 36.8 Å². The maximum atomic E-state index is 13.8. The Hall–Kier alpha value is -5.69. The van der Waals surface area contributed by atoms with Crippen LogP contribution in [0.4, 0.5) is 10.2 Å². The van der Waals surface area contributed by atoms with Crippen molar-refractivity contribution in [3.8, 4) is 11.8 Å². The lowest BCUT2D eigenvalue weighted by Gasteiger charge is -2.32. The van der Waals surface area contributed by atoms with E-state index in [-0.39, 0.29) is 16.9 Å². The van der Waals surface area contributed by atoms with Crippen molar-refractivity contribution >= 4 is 46.2 Å². The molecule has 5 aromatic rings. The largest absolute Gasteiger partial charge is 0.456 e. The number of thiophene rings is 1. The Labute approximate surface area is 295 Å². The van der Waals surface area contributed by atoms with Gasteiger partial charge in [0, 0.05) is 20.0 Å². The van der Waals surface area contributed by atoms with Crippen LogP contribution in [0.3, 0.4) is 0 Å². The van der Waals surface area contributed by atoms with Gasteiger partial charge in [0.1, 0.15) is 12.1 Å². The van der Waals surface area contributed by atoms with E-state index in [0.29, 0.717) is 39.4 Å². The van der Waals surface area contributed by atoms with Gasteiger partial charge in [-0.25, -0.2) is 24.5 Å². The highest BCUT2D eigenvalue weighted by Gasteiger charge is 2.78. The number of imidazole rings is 1. The van der Waals surface area contributed by atoms with Crippen LogP contribution in [0.15, 0.2) is 79.1 Å². The second-order valence-corrected chi connectivity index (χ2v) is 13.3. The molecule has 2 aliphatic rings. The molecule has 2 saturated carbocycles. The van der Waals surface area contributed by atoms with Crippen LogP contribution in [0.5, 0.6) is 0 Å². The van der Waals surface area contributed by atoms with Gasteiger partial charge in [0.15, 0.2) is 34.3 Å². The van der Waals surface area contributed by atoms with Crippen molar-refractivity contribution in [1.82, 2.24) is 24.8 Å². The number of carbonyl (C=O) groups excluding carboxylic acids is 3. The van der Waals surface area contributed by atoms with Crippen LogP contribution in [0.2, 0.25) is 0 Å². The number of esters is 2. The molecule has 3 heterocycles. The van der Waals surface area contributed by atoms with Gasteiger partial charge >= 0.3 is 11.9 Å². The van der Waals surface area contributed by atoms with E-state index in [2.05, 4.69) is 32.4 Å². The second kappa shape index (κ2) is 13.6. The van der Waals surface area contributed by atoms with Crippen molar-refractivity contribution in [3.63, 3.8) is 0 Å². The lowest BCUT2D eigenvalue weighted by atomic mass is 9.97. The first-order valence-corrected chi connectivity index (χ1v) is 16.9. The minimum atomic E-state index is -1.27. The predicted molar refractivity (Wildman–Crippen MR) is 185 cm³/mol. The highest BCUT2D eigenvalue weighted by Crippen LogP contribution is 2.69. The van der Waals surface area contributed by atoms with Gasteiger partial charge in [0.05, 0.1) is 22.7 Å². The van der Waals surface area contributed by atoms with Gasteiger partial charge in [-0.3, -0.25) is 4.79 Å². The first-order valence-electron chi connectivity index (χ1n) is 16.1. The summed E-state index contributed by atoms with van der Waals surface area (Å²) in [5, 5.41) is 5.35. The summed E-state index contributed by atoms with van der Waals surface area (Å²) >= 11 is 0.892. The minimum absolute atomic E-state index is 0.116. The van der Waals surface area contributed by atoms with Crippen LogP contribution in [0.25, 0.3) is 11.2 Å². The van der Waals surface area contributed by atoms with E-state index < -0.39 is 53.6 Å². The molecule has 2 fully saturated rings. The molecule has 13 nitrogen and oxygen atoms in total. The number of nitrogens with two attached hydrogens (primary N) is 2. The number of nitrogens with zero attached hydrogens (tertiary/aromatic N) is 4. The normalized spacial score (nSPS) is 22.9. The van der Waals surface area contributed by atoms with Crippen LogP contribution in [-0.4, -0.2) is 63.7 Å². The summed E-state index contributed by atoms with van der Waals surface area (Å²) in [6.07, 6.45) is -0.655. The monoisotopic (exact) mass is 708 g/mol. The maximum Gasteiger partial charge on any atom is 0.328 e. The third-order valence-electron chi connectivity index (χ3n) is 9.43. The molecule has 7 atom stereocenters. The van der Waals surface area contributed by atoms with Crippen molar-refractivity contribution in [2.24, 2.45) is 22.8 Å². The summed E-state index contributed by atoms with van der Waals surface area (Å²) in [5.41, 5.74) is 13.2. The SMILES string of the molecule is CNC(=O)[C@@]12CC1[C@@H](n1cnc3c(NC)nc(C#Cc4ccc(F)s4)nc31)[C@H](OC(=O)[C@@H](N)c1ccccc1)[C@@H]2OC(=O)[C@@H](N)c1ccccc1. The molecule has 7 rings (SSSR count). The molecule has 51 heavy (non-hydrogen) atoms. The van der Waals surface area contributed by atoms with E-state index in [9.17, 15) is 18.8 Å². The van der Waals surface area contributed by atoms with E-state index in [4.69, 9.17) is 25.9 Å². The zero-order chi connectivity index (χ0) is 35.9. The number of halogens is 1. The lowest BCUT2D eigenvalue weighted by Crippen LogP contribution is -2.47. The molecule has 2 aromatic carbocycles. The number of nitrogens with one attached hydrogen (secondary N) is 2. The van der Waals surface area contributed by atoms with Crippen molar-refractivity contribution in [3.05, 3.63) is 106 Å². The van der Waals surface area contributed by atoms with Gasteiger partial charge in [0.25, 0.3) is 0 Å².